The van der Waals surface area contributed by atoms with Crippen LogP contribution >= 0.6 is 0 Å². The molecule has 9 aromatic carbocycles. The maximum Gasteiger partial charge on any atom is 0.137 e. The minimum Gasteiger partial charge on any atom is -0.456 e. The Morgan fingerprint density at radius 2 is 0.830 bits per heavy atom. The first-order valence-corrected chi connectivity index (χ1v) is 18.0. The van der Waals surface area contributed by atoms with E-state index in [1.54, 1.807) is 0 Å². The van der Waals surface area contributed by atoms with E-state index < -0.39 is 0 Å². The van der Waals surface area contributed by atoms with Crippen molar-refractivity contribution in [2.45, 2.75) is 0 Å². The van der Waals surface area contributed by atoms with Gasteiger partial charge in [-0.2, -0.15) is 0 Å². The SMILES string of the molecule is c1ccc(-c2ccc(N(c3ccc4c(c3)oc3ccc5ccccc5c34)c3ccc4c(c3)oc3cc(-c5ccccc5)c5ccccc5c34)cc2)cc1. The first-order chi connectivity index (χ1) is 26.3. The molecule has 248 valence electrons. The molecular formula is C50H31NO2. The van der Waals surface area contributed by atoms with Gasteiger partial charge in [0.1, 0.15) is 22.3 Å². The fourth-order valence-electron chi connectivity index (χ4n) is 8.18. The summed E-state index contributed by atoms with van der Waals surface area (Å²) in [6.45, 7) is 0. The lowest BCUT2D eigenvalue weighted by atomic mass is 9.95. The smallest absolute Gasteiger partial charge is 0.137 e. The van der Waals surface area contributed by atoms with Crippen LogP contribution in [0, 0.1) is 0 Å². The Hall–Kier alpha value is -7.10. The fourth-order valence-corrected chi connectivity index (χ4v) is 8.18. The van der Waals surface area contributed by atoms with Crippen LogP contribution in [0.2, 0.25) is 0 Å². The molecule has 3 nitrogen and oxygen atoms in total. The molecule has 0 aliphatic heterocycles. The summed E-state index contributed by atoms with van der Waals surface area (Å²) in [6.07, 6.45) is 0. The summed E-state index contributed by atoms with van der Waals surface area (Å²) in [5.41, 5.74) is 11.2. The summed E-state index contributed by atoms with van der Waals surface area (Å²) in [4.78, 5) is 2.29. The van der Waals surface area contributed by atoms with Crippen molar-refractivity contribution >= 4 is 82.5 Å². The van der Waals surface area contributed by atoms with Crippen LogP contribution in [0.25, 0.3) is 87.7 Å². The normalized spacial score (nSPS) is 11.8. The molecule has 0 N–H and O–H groups in total. The minimum absolute atomic E-state index is 0.843. The van der Waals surface area contributed by atoms with Crippen LogP contribution in [0.5, 0.6) is 0 Å². The highest BCUT2D eigenvalue weighted by Gasteiger charge is 2.20. The van der Waals surface area contributed by atoms with Crippen LogP contribution < -0.4 is 4.90 Å². The van der Waals surface area contributed by atoms with Gasteiger partial charge in [0.05, 0.1) is 0 Å². The van der Waals surface area contributed by atoms with Gasteiger partial charge in [0.2, 0.25) is 0 Å². The zero-order valence-electron chi connectivity index (χ0n) is 28.7. The van der Waals surface area contributed by atoms with E-state index in [0.717, 1.165) is 60.9 Å². The van der Waals surface area contributed by atoms with Gasteiger partial charge in [0, 0.05) is 50.7 Å². The lowest BCUT2D eigenvalue weighted by Crippen LogP contribution is -2.09. The lowest BCUT2D eigenvalue weighted by Gasteiger charge is -2.25. The van der Waals surface area contributed by atoms with E-state index in [0.29, 0.717) is 0 Å². The Bertz CT molecular complexity index is 3160. The Kier molecular flexibility index (Phi) is 6.55. The first-order valence-electron chi connectivity index (χ1n) is 18.0. The largest absolute Gasteiger partial charge is 0.456 e. The van der Waals surface area contributed by atoms with Crippen molar-refractivity contribution in [2.24, 2.45) is 0 Å². The molecule has 0 aliphatic rings. The summed E-state index contributed by atoms with van der Waals surface area (Å²) in [6, 6.07) is 66.6. The van der Waals surface area contributed by atoms with E-state index in [2.05, 4.69) is 193 Å². The van der Waals surface area contributed by atoms with E-state index >= 15 is 0 Å². The van der Waals surface area contributed by atoms with E-state index in [4.69, 9.17) is 8.83 Å². The second kappa shape index (κ2) is 11.7. The van der Waals surface area contributed by atoms with Gasteiger partial charge in [-0.1, -0.05) is 127 Å². The van der Waals surface area contributed by atoms with Gasteiger partial charge >= 0.3 is 0 Å². The Balaban J connectivity index is 1.11. The van der Waals surface area contributed by atoms with Crippen LogP contribution in [-0.4, -0.2) is 0 Å². The standard InChI is InChI=1S/C50H31NO2/c1-3-11-32(12-4-1)33-19-22-36(23-20-33)51(37-24-26-42-46(29-37)52-45-28-21-35-15-7-8-16-39(35)49(42)45)38-25-27-43-47(30-38)53-48-31-44(34-13-5-2-6-14-34)40-17-9-10-18-41(40)50(43)48/h1-31H. The Morgan fingerprint density at radius 3 is 1.53 bits per heavy atom. The van der Waals surface area contributed by atoms with E-state index in [9.17, 15) is 0 Å². The first kappa shape index (κ1) is 29.6. The molecule has 0 atom stereocenters. The predicted molar refractivity (Wildman–Crippen MR) is 222 cm³/mol. The Morgan fingerprint density at radius 1 is 0.302 bits per heavy atom. The van der Waals surface area contributed by atoms with Crippen molar-refractivity contribution in [2.75, 3.05) is 4.90 Å². The fraction of sp³-hybridized carbons (Fsp3) is 0. The maximum absolute atomic E-state index is 6.77. The quantitative estimate of drug-likeness (QED) is 0.182. The molecular weight excluding hydrogens is 647 g/mol. The molecule has 0 saturated carbocycles. The number of furan rings is 2. The molecule has 0 saturated heterocycles. The van der Waals surface area contributed by atoms with E-state index in [1.807, 2.05) is 0 Å². The van der Waals surface area contributed by atoms with Crippen molar-refractivity contribution in [3.63, 3.8) is 0 Å². The number of nitrogens with zero attached hydrogens (tertiary/aromatic N) is 1. The molecule has 0 unspecified atom stereocenters. The molecule has 0 amide bonds. The van der Waals surface area contributed by atoms with Crippen molar-refractivity contribution in [1.82, 2.24) is 0 Å². The molecule has 0 aliphatic carbocycles. The topological polar surface area (TPSA) is 29.5 Å². The van der Waals surface area contributed by atoms with Crippen LogP contribution in [0.1, 0.15) is 0 Å². The second-order valence-electron chi connectivity index (χ2n) is 13.7. The van der Waals surface area contributed by atoms with E-state index in [1.165, 1.54) is 43.8 Å². The van der Waals surface area contributed by atoms with Gasteiger partial charge in [-0.3, -0.25) is 0 Å². The number of hydrogen-bond acceptors (Lipinski definition) is 3. The summed E-state index contributed by atoms with van der Waals surface area (Å²) < 4.78 is 13.3. The average Bonchev–Trinajstić information content (AvgIpc) is 3.79. The molecule has 0 spiro atoms. The molecule has 11 rings (SSSR count). The third-order valence-electron chi connectivity index (χ3n) is 10.6. The highest BCUT2D eigenvalue weighted by atomic mass is 16.3. The van der Waals surface area contributed by atoms with Gasteiger partial charge in [0.25, 0.3) is 0 Å². The number of hydrogen-bond donors (Lipinski definition) is 0. The predicted octanol–water partition coefficient (Wildman–Crippen LogP) is 14.6. The van der Waals surface area contributed by atoms with Crippen molar-refractivity contribution < 1.29 is 8.83 Å². The molecule has 0 fully saturated rings. The molecule has 53 heavy (non-hydrogen) atoms. The number of fused-ring (bicyclic) bond motifs is 10. The van der Waals surface area contributed by atoms with Gasteiger partial charge in [0.15, 0.2) is 0 Å². The number of rotatable bonds is 5. The van der Waals surface area contributed by atoms with Crippen molar-refractivity contribution in [3.05, 3.63) is 188 Å². The molecule has 2 aromatic heterocycles. The molecule has 3 heteroatoms. The number of benzene rings is 9. The zero-order valence-corrected chi connectivity index (χ0v) is 28.7. The molecule has 0 bridgehead atoms. The second-order valence-corrected chi connectivity index (χ2v) is 13.7. The molecule has 2 heterocycles. The van der Waals surface area contributed by atoms with Crippen molar-refractivity contribution in [1.29, 1.82) is 0 Å². The van der Waals surface area contributed by atoms with Crippen LogP contribution in [-0.2, 0) is 0 Å². The van der Waals surface area contributed by atoms with Crippen LogP contribution in [0.15, 0.2) is 197 Å². The maximum atomic E-state index is 6.77. The van der Waals surface area contributed by atoms with E-state index in [-0.39, 0.29) is 0 Å². The average molecular weight is 678 g/mol. The monoisotopic (exact) mass is 677 g/mol. The van der Waals surface area contributed by atoms with Gasteiger partial charge < -0.3 is 13.7 Å². The lowest BCUT2D eigenvalue weighted by molar-refractivity contribution is 0.669. The zero-order chi connectivity index (χ0) is 34.9. The Labute approximate surface area is 305 Å². The minimum atomic E-state index is 0.843. The summed E-state index contributed by atoms with van der Waals surface area (Å²) in [5, 5.41) is 9.28. The highest BCUT2D eigenvalue weighted by Crippen LogP contribution is 2.44. The van der Waals surface area contributed by atoms with Gasteiger partial charge in [-0.05, 0) is 92.3 Å². The summed E-state index contributed by atoms with van der Waals surface area (Å²) in [7, 11) is 0. The van der Waals surface area contributed by atoms with Gasteiger partial charge in [-0.15, -0.1) is 0 Å². The summed E-state index contributed by atoms with van der Waals surface area (Å²) in [5.74, 6) is 0. The van der Waals surface area contributed by atoms with Crippen molar-refractivity contribution in [3.8, 4) is 22.3 Å². The highest BCUT2D eigenvalue weighted by molar-refractivity contribution is 6.22. The third kappa shape index (κ3) is 4.75. The summed E-state index contributed by atoms with van der Waals surface area (Å²) >= 11 is 0. The van der Waals surface area contributed by atoms with Gasteiger partial charge in [-0.25, -0.2) is 0 Å². The van der Waals surface area contributed by atoms with Crippen LogP contribution in [0.4, 0.5) is 17.1 Å². The number of anilines is 3. The molecule has 11 aromatic rings. The third-order valence-corrected chi connectivity index (χ3v) is 10.6. The van der Waals surface area contributed by atoms with Crippen LogP contribution in [0.3, 0.4) is 0 Å². The molecule has 0 radical (unpaired) electrons.